The molecular weight excluding hydrogens is 592 g/mol. The third-order valence-electron chi connectivity index (χ3n) is 7.32. The smallest absolute Gasteiger partial charge is 0.336 e. The highest BCUT2D eigenvalue weighted by Crippen LogP contribution is 2.26. The van der Waals surface area contributed by atoms with Gasteiger partial charge in [0.1, 0.15) is 25.0 Å². The summed E-state index contributed by atoms with van der Waals surface area (Å²) in [4.78, 5) is 23.3. The molecule has 4 aromatic carbocycles. The van der Waals surface area contributed by atoms with Crippen molar-refractivity contribution in [1.82, 2.24) is 4.57 Å². The number of unbranched alkanes of at least 4 members (excludes halogenated alkanes) is 1. The summed E-state index contributed by atoms with van der Waals surface area (Å²) >= 11 is 0. The fraction of sp³-hybridized carbons (Fsp3) is 0.171. The zero-order chi connectivity index (χ0) is 28.8. The minimum Gasteiger partial charge on any atom is -1.00 e. The lowest BCUT2D eigenvalue weighted by Gasteiger charge is -2.07. The molecule has 0 aliphatic rings. The first-order chi connectivity index (χ1) is 19.9. The van der Waals surface area contributed by atoms with Gasteiger partial charge in [0, 0.05) is 6.42 Å². The van der Waals surface area contributed by atoms with E-state index in [0.717, 1.165) is 48.1 Å². The zero-order valence-electron chi connectivity index (χ0n) is 23.4. The number of hydrogen-bond acceptors (Lipinski definition) is 2. The second kappa shape index (κ2) is 13.9. The van der Waals surface area contributed by atoms with Gasteiger partial charge in [0.25, 0.3) is 0 Å². The topological polar surface area (TPSA) is 83.4 Å². The summed E-state index contributed by atoms with van der Waals surface area (Å²) in [5, 5.41) is 19.1. The Labute approximate surface area is 256 Å². The van der Waals surface area contributed by atoms with Crippen LogP contribution in [0.5, 0.6) is 0 Å². The van der Waals surface area contributed by atoms with Crippen LogP contribution in [0.2, 0.25) is 0 Å². The van der Waals surface area contributed by atoms with Gasteiger partial charge >= 0.3 is 11.9 Å². The van der Waals surface area contributed by atoms with Gasteiger partial charge in [-0.1, -0.05) is 98.3 Å². The Kier molecular flexibility index (Phi) is 10.1. The quantitative estimate of drug-likeness (QED) is 0.218. The maximum absolute atomic E-state index is 11.7. The third kappa shape index (κ3) is 7.04. The van der Waals surface area contributed by atoms with E-state index in [1.54, 1.807) is 24.3 Å². The third-order valence-corrected chi connectivity index (χ3v) is 7.32. The summed E-state index contributed by atoms with van der Waals surface area (Å²) in [6.45, 7) is 3.62. The highest BCUT2D eigenvalue weighted by Gasteiger charge is 2.16. The van der Waals surface area contributed by atoms with Crippen LogP contribution in [-0.2, 0) is 19.5 Å². The van der Waals surface area contributed by atoms with Crippen molar-refractivity contribution in [2.24, 2.45) is 0 Å². The standard InChI is InChI=1S/C35H32N2O4.BrH/c1-2-3-8-29-23-36(21-25-13-17-27(18-14-25)30-9-4-6-11-32(30)34(38)39)24-37(29)22-26-15-19-28(20-16-26)31-10-5-7-12-33(31)35(40)41;/h4-7,9-20,23-24H,2-3,8,21-22H2,1H3,(H-,38,39,40,41);1H. The molecule has 5 rings (SSSR count). The lowest BCUT2D eigenvalue weighted by molar-refractivity contribution is -0.688. The molecule has 6 nitrogen and oxygen atoms in total. The molecule has 0 aliphatic heterocycles. The number of hydrogen-bond donors (Lipinski definition) is 2. The molecule has 0 saturated heterocycles. The largest absolute Gasteiger partial charge is 1.00 e. The summed E-state index contributed by atoms with van der Waals surface area (Å²) in [5.41, 5.74) is 7.33. The maximum Gasteiger partial charge on any atom is 0.336 e. The molecule has 2 N–H and O–H groups in total. The van der Waals surface area contributed by atoms with Crippen molar-refractivity contribution in [2.75, 3.05) is 0 Å². The molecule has 7 heteroatoms. The van der Waals surface area contributed by atoms with Crippen molar-refractivity contribution in [3.05, 3.63) is 138 Å². The number of benzene rings is 4. The fourth-order valence-corrected chi connectivity index (χ4v) is 5.18. The van der Waals surface area contributed by atoms with Gasteiger partial charge in [0.05, 0.1) is 11.1 Å². The van der Waals surface area contributed by atoms with Crippen LogP contribution in [0.4, 0.5) is 0 Å². The number of halogens is 1. The zero-order valence-corrected chi connectivity index (χ0v) is 25.0. The summed E-state index contributed by atoms with van der Waals surface area (Å²) in [6.07, 6.45) is 7.56. The van der Waals surface area contributed by atoms with E-state index in [1.807, 2.05) is 48.5 Å². The first-order valence-corrected chi connectivity index (χ1v) is 13.8. The van der Waals surface area contributed by atoms with Crippen LogP contribution in [0.25, 0.3) is 22.3 Å². The minimum atomic E-state index is -0.930. The highest BCUT2D eigenvalue weighted by molar-refractivity contribution is 5.96. The molecule has 0 saturated carbocycles. The van der Waals surface area contributed by atoms with Gasteiger partial charge in [0.2, 0.25) is 6.33 Å². The highest BCUT2D eigenvalue weighted by atomic mass is 79.9. The first-order valence-electron chi connectivity index (χ1n) is 13.8. The predicted molar refractivity (Wildman–Crippen MR) is 159 cm³/mol. The summed E-state index contributed by atoms with van der Waals surface area (Å²) < 4.78 is 4.48. The van der Waals surface area contributed by atoms with Gasteiger partial charge in [-0.05, 0) is 51.9 Å². The maximum atomic E-state index is 11.7. The van der Waals surface area contributed by atoms with E-state index in [2.05, 4.69) is 52.8 Å². The van der Waals surface area contributed by atoms with E-state index in [0.29, 0.717) is 28.8 Å². The molecule has 1 aromatic heterocycles. The van der Waals surface area contributed by atoms with Gasteiger partial charge < -0.3 is 27.2 Å². The van der Waals surface area contributed by atoms with E-state index in [1.165, 1.54) is 5.69 Å². The minimum absolute atomic E-state index is 0. The summed E-state index contributed by atoms with van der Waals surface area (Å²) in [6, 6.07) is 30.3. The number of carboxylic acid groups (broad SMARTS) is 2. The van der Waals surface area contributed by atoms with Crippen molar-refractivity contribution >= 4 is 11.9 Å². The number of rotatable bonds is 11. The van der Waals surface area contributed by atoms with Crippen LogP contribution < -0.4 is 21.5 Å². The number of imidazole rings is 1. The van der Waals surface area contributed by atoms with Crippen LogP contribution >= 0.6 is 0 Å². The first kappa shape index (κ1) is 30.5. The normalized spacial score (nSPS) is 10.7. The predicted octanol–water partition coefficient (Wildman–Crippen LogP) is 3.95. The van der Waals surface area contributed by atoms with Crippen molar-refractivity contribution < 1.29 is 41.4 Å². The Bertz CT molecular complexity index is 1670. The van der Waals surface area contributed by atoms with Crippen LogP contribution in [0.1, 0.15) is 57.3 Å². The molecule has 5 aromatic rings. The Balaban J connectivity index is 0.00000405. The van der Waals surface area contributed by atoms with Crippen molar-refractivity contribution in [2.45, 2.75) is 39.3 Å². The number of aromatic carboxylic acids is 2. The summed E-state index contributed by atoms with van der Waals surface area (Å²) in [7, 11) is 0. The van der Waals surface area contributed by atoms with E-state index >= 15 is 0 Å². The molecule has 1 heterocycles. The van der Waals surface area contributed by atoms with E-state index in [9.17, 15) is 19.8 Å². The Morgan fingerprint density at radius 3 is 1.71 bits per heavy atom. The van der Waals surface area contributed by atoms with Gasteiger partial charge in [-0.25, -0.2) is 18.7 Å². The molecule has 0 amide bonds. The Hall–Kier alpha value is -4.49. The van der Waals surface area contributed by atoms with E-state index < -0.39 is 11.9 Å². The molecule has 0 bridgehead atoms. The number of aromatic nitrogens is 2. The van der Waals surface area contributed by atoms with Crippen LogP contribution in [0.3, 0.4) is 0 Å². The molecule has 0 fully saturated rings. The van der Waals surface area contributed by atoms with Gasteiger partial charge in [-0.2, -0.15) is 0 Å². The van der Waals surface area contributed by atoms with Crippen molar-refractivity contribution in [1.29, 1.82) is 0 Å². The lowest BCUT2D eigenvalue weighted by atomic mass is 9.99. The summed E-state index contributed by atoms with van der Waals surface area (Å²) in [5.74, 6) is -1.86. The van der Waals surface area contributed by atoms with Crippen LogP contribution in [0.15, 0.2) is 110 Å². The number of carbonyl (C=O) groups is 2. The van der Waals surface area contributed by atoms with Crippen molar-refractivity contribution in [3.63, 3.8) is 0 Å². The average Bonchev–Trinajstić information content (AvgIpc) is 3.37. The van der Waals surface area contributed by atoms with Crippen LogP contribution in [0, 0.1) is 0 Å². The molecule has 0 spiro atoms. The molecule has 0 atom stereocenters. The molecule has 42 heavy (non-hydrogen) atoms. The number of nitrogens with zero attached hydrogens (tertiary/aromatic N) is 2. The van der Waals surface area contributed by atoms with Gasteiger partial charge in [0.15, 0.2) is 0 Å². The van der Waals surface area contributed by atoms with E-state index in [4.69, 9.17) is 0 Å². The van der Waals surface area contributed by atoms with Crippen LogP contribution in [-0.4, -0.2) is 26.7 Å². The van der Waals surface area contributed by atoms with Gasteiger partial charge in [-0.3, -0.25) is 0 Å². The number of aryl methyl sites for hydroxylation is 1. The average molecular weight is 626 g/mol. The fourth-order valence-electron chi connectivity index (χ4n) is 5.18. The van der Waals surface area contributed by atoms with Gasteiger partial charge in [-0.15, -0.1) is 0 Å². The second-order valence-corrected chi connectivity index (χ2v) is 10.2. The SMILES string of the molecule is CCCCc1c[n+](Cc2ccc(-c3ccccc3C(=O)O)cc2)cn1Cc1ccc(-c2ccccc2C(=O)O)cc1.[Br-]. The molecule has 0 unspecified atom stereocenters. The molecule has 0 aliphatic carbocycles. The second-order valence-electron chi connectivity index (χ2n) is 10.2. The molecule has 214 valence electrons. The monoisotopic (exact) mass is 624 g/mol. The van der Waals surface area contributed by atoms with Crippen molar-refractivity contribution in [3.8, 4) is 22.3 Å². The molecule has 0 radical (unpaired) electrons. The number of carboxylic acids is 2. The van der Waals surface area contributed by atoms with E-state index in [-0.39, 0.29) is 17.0 Å². The Morgan fingerprint density at radius 1 is 0.714 bits per heavy atom. The lowest BCUT2D eigenvalue weighted by Crippen LogP contribution is -3.00. The Morgan fingerprint density at radius 2 is 1.21 bits per heavy atom. The molecular formula is C35H33BrN2O4.